The number of hydrogen-bond acceptors (Lipinski definition) is 15. The van der Waals surface area contributed by atoms with Crippen LogP contribution in [0.25, 0.3) is 0 Å². The number of allylic oxidation sites excluding steroid dienone is 6. The third-order valence-electron chi connectivity index (χ3n) is 15.6. The molecule has 18 heteroatoms. The summed E-state index contributed by atoms with van der Waals surface area (Å²) in [5, 5.41) is 38.0. The lowest BCUT2D eigenvalue weighted by Crippen LogP contribution is -2.61. The highest BCUT2D eigenvalue weighted by molar-refractivity contribution is 7.89. The highest BCUT2D eigenvalue weighted by Gasteiger charge is 2.53. The first-order chi connectivity index (χ1) is 34.0. The maximum Gasteiger partial charge on any atom is 0.329 e. The number of nitrogens with zero attached hydrogens (tertiary/aromatic N) is 2. The van der Waals surface area contributed by atoms with Crippen LogP contribution in [0.1, 0.15) is 138 Å². The van der Waals surface area contributed by atoms with Gasteiger partial charge >= 0.3 is 5.97 Å². The number of Topliss-reactive ketones (excluding diaryl/α,β-unsaturated/α-hetero) is 2. The molecule has 1 saturated carbocycles. The summed E-state index contributed by atoms with van der Waals surface area (Å²) >= 11 is 0. The Balaban J connectivity index is 1.50. The zero-order valence-corrected chi connectivity index (χ0v) is 45.0. The zero-order valence-electron chi connectivity index (χ0n) is 44.2. The summed E-state index contributed by atoms with van der Waals surface area (Å²) in [6.07, 6.45) is 13.4. The van der Waals surface area contributed by atoms with Gasteiger partial charge in [0.25, 0.3) is 11.7 Å². The Hall–Kier alpha value is -3.88. The van der Waals surface area contributed by atoms with Gasteiger partial charge in [0.1, 0.15) is 41.2 Å². The van der Waals surface area contributed by atoms with Gasteiger partial charge in [-0.05, 0) is 133 Å². The minimum atomic E-state index is -4.20. The van der Waals surface area contributed by atoms with Crippen molar-refractivity contribution in [3.63, 3.8) is 0 Å². The van der Waals surface area contributed by atoms with E-state index in [9.17, 15) is 42.9 Å². The van der Waals surface area contributed by atoms with Crippen LogP contribution in [0, 0.1) is 42.4 Å². The minimum absolute atomic E-state index is 0.0222. The van der Waals surface area contributed by atoms with E-state index >= 15 is 0 Å². The van der Waals surface area contributed by atoms with Crippen LogP contribution >= 0.6 is 0 Å². The summed E-state index contributed by atoms with van der Waals surface area (Å²) in [5.41, 5.74) is 1.30. The van der Waals surface area contributed by atoms with Crippen molar-refractivity contribution in [2.45, 2.75) is 198 Å². The Morgan fingerprint density at radius 2 is 1.61 bits per heavy atom. The normalized spacial score (nSPS) is 37.8. The van der Waals surface area contributed by atoms with Crippen LogP contribution in [0.3, 0.4) is 0 Å². The van der Waals surface area contributed by atoms with Crippen LogP contribution in [0.2, 0.25) is 0 Å². The van der Waals surface area contributed by atoms with Gasteiger partial charge < -0.3 is 43.7 Å². The molecule has 1 aliphatic carbocycles. The van der Waals surface area contributed by atoms with Crippen LogP contribution in [-0.4, -0.2) is 132 Å². The molecule has 0 aromatic carbocycles. The predicted octanol–water partition coefficient (Wildman–Crippen LogP) is 6.63. The van der Waals surface area contributed by atoms with E-state index < -0.39 is 87.9 Å². The molecule has 72 heavy (non-hydrogen) atoms. The molecule has 2 saturated heterocycles. The number of aryl methyl sites for hydroxylation is 1. The summed E-state index contributed by atoms with van der Waals surface area (Å²) < 4.78 is 59.0. The fourth-order valence-corrected chi connectivity index (χ4v) is 12.4. The van der Waals surface area contributed by atoms with Crippen LogP contribution in [0.15, 0.2) is 63.3 Å². The van der Waals surface area contributed by atoms with Crippen molar-refractivity contribution >= 4 is 33.5 Å². The second-order valence-corrected chi connectivity index (χ2v) is 23.1. The molecule has 4 heterocycles. The Kier molecular flexibility index (Phi) is 21.8. The quantitative estimate of drug-likeness (QED) is 0.121. The number of sulfonamides is 1. The van der Waals surface area contributed by atoms with E-state index in [-0.39, 0.29) is 72.0 Å². The maximum absolute atomic E-state index is 14.5. The number of fused-ring (bicyclic) bond motifs is 3. The van der Waals surface area contributed by atoms with Crippen molar-refractivity contribution in [2.24, 2.45) is 35.5 Å². The lowest BCUT2D eigenvalue weighted by atomic mass is 9.78. The van der Waals surface area contributed by atoms with Gasteiger partial charge in [0.05, 0.1) is 18.3 Å². The number of aliphatic hydroxyl groups is 3. The Morgan fingerprint density at radius 3 is 2.29 bits per heavy atom. The molecule has 1 aromatic heterocycles. The molecule has 17 nitrogen and oxygen atoms in total. The number of aromatic nitrogens is 1. The van der Waals surface area contributed by atoms with Crippen molar-refractivity contribution in [3.8, 4) is 0 Å². The average molecular weight is 1030 g/mol. The van der Waals surface area contributed by atoms with E-state index in [1.165, 1.54) is 18.9 Å². The molecule has 1 aromatic rings. The molecule has 4 N–H and O–H groups in total. The minimum Gasteiger partial charge on any atom is -0.461 e. The van der Waals surface area contributed by atoms with E-state index in [1.807, 2.05) is 45.9 Å². The van der Waals surface area contributed by atoms with Crippen LogP contribution in [0.4, 0.5) is 0 Å². The highest BCUT2D eigenvalue weighted by Crippen LogP contribution is 2.38. The monoisotopic (exact) mass is 1030 g/mol. The molecule has 2 bridgehead atoms. The number of piperidine rings is 1. The van der Waals surface area contributed by atoms with E-state index in [1.54, 1.807) is 46.1 Å². The largest absolute Gasteiger partial charge is 0.461 e. The van der Waals surface area contributed by atoms with Gasteiger partial charge in [-0.1, -0.05) is 81.8 Å². The topological polar surface area (TPSA) is 241 Å². The third-order valence-corrected chi connectivity index (χ3v) is 17.1. The SMILES string of the molecule is CO[C@@H]1CC(C[C@@H](C)[C@@H]2CC[C@H](C)/C=C(\C)[C@@H](O)[C@@H](OC)C(=O)[C@H](C)C[C@H](C)/C=C/C=C/C=C(\C)C(NS(=O)(=O)c3conc3C)C[C@@H]3CCC(C)[C@@](O)(O3)C(=O)C(=O)N3CCCCC3C(=O)O2)CC[C@H]1O. The molecule has 4 unspecified atom stereocenters. The molecule has 0 spiro atoms. The fraction of sp³-hybridized carbons (Fsp3) is 0.722. The van der Waals surface area contributed by atoms with E-state index in [2.05, 4.69) is 9.88 Å². The van der Waals surface area contributed by atoms with Crippen molar-refractivity contribution in [1.82, 2.24) is 14.8 Å². The van der Waals surface area contributed by atoms with Gasteiger partial charge in [0.15, 0.2) is 5.78 Å². The molecular formula is C54H83N3O14S. The van der Waals surface area contributed by atoms with Crippen LogP contribution in [0.5, 0.6) is 0 Å². The second-order valence-electron chi connectivity index (χ2n) is 21.4. The molecular weight excluding hydrogens is 947 g/mol. The number of nitrogens with one attached hydrogen (secondary N) is 1. The summed E-state index contributed by atoms with van der Waals surface area (Å²) in [4.78, 5) is 58.2. The van der Waals surface area contributed by atoms with Gasteiger partial charge in [0, 0.05) is 38.6 Å². The number of aliphatic hydroxyl groups excluding tert-OH is 2. The maximum atomic E-state index is 14.5. The summed E-state index contributed by atoms with van der Waals surface area (Å²) in [5.74, 6) is -7.11. The Morgan fingerprint density at radius 1 is 0.875 bits per heavy atom. The molecule has 404 valence electrons. The highest BCUT2D eigenvalue weighted by atomic mass is 32.2. The molecule has 3 aliphatic heterocycles. The number of ether oxygens (including phenoxy) is 4. The number of carbonyl (C=O) groups excluding carboxylic acids is 4. The van der Waals surface area contributed by atoms with Gasteiger partial charge in [-0.3, -0.25) is 14.4 Å². The smallest absolute Gasteiger partial charge is 0.329 e. The Labute approximate surface area is 427 Å². The average Bonchev–Trinajstić information content (AvgIpc) is 3.80. The fourth-order valence-electron chi connectivity index (χ4n) is 11.0. The first-order valence-corrected chi connectivity index (χ1v) is 27.5. The number of hydrogen-bond donors (Lipinski definition) is 4. The van der Waals surface area contributed by atoms with Crippen LogP contribution in [-0.2, 0) is 48.1 Å². The third kappa shape index (κ3) is 15.1. The number of ketones is 2. The first-order valence-electron chi connectivity index (χ1n) is 26.1. The molecule has 15 atom stereocenters. The number of esters is 1. The first kappa shape index (κ1) is 59.0. The molecule has 3 fully saturated rings. The Bertz CT molecular complexity index is 2240. The molecule has 5 rings (SSSR count). The van der Waals surface area contributed by atoms with E-state index in [4.69, 9.17) is 23.5 Å². The summed E-state index contributed by atoms with van der Waals surface area (Å²) in [7, 11) is -1.20. The second kappa shape index (κ2) is 26.6. The number of carbonyl (C=O) groups is 4. The van der Waals surface area contributed by atoms with Gasteiger partial charge in [-0.25, -0.2) is 17.9 Å². The van der Waals surface area contributed by atoms with E-state index in [0.717, 1.165) is 12.7 Å². The number of cyclic esters (lactones) is 1. The number of amides is 1. The molecule has 1 amide bonds. The van der Waals surface area contributed by atoms with Crippen molar-refractivity contribution < 1.29 is 66.4 Å². The number of methoxy groups -OCH3 is 2. The summed E-state index contributed by atoms with van der Waals surface area (Å²) in [6.45, 7) is 14.5. The molecule has 0 radical (unpaired) electrons. The standard InChI is InChI=1S/C54H83N3O14S/c1-32-16-12-11-13-17-34(3)42(56-72(65,66)47-31-69-55-39(47)8)30-41-22-20-38(7)54(64,71-41)51(61)52(62)57-25-15-14-18-43(57)53(63)70-45(35(4)28-40-21-23-44(58)46(29-40)67-9)24-19-33(2)27-37(6)49(60)50(68-10)48(59)36(5)26-32/h11-13,16-17,27,31-33,35-36,38,40-46,49-50,56,58,60,64H,14-15,18-26,28-30H2,1-10H3/b13-11+,16-12+,34-17+,37-27+/t32-,33+,35-,36-,38?,40?,41+,42?,43?,44-,45+,46-,49-,50+,54-/m1/s1. The van der Waals surface area contributed by atoms with Crippen LogP contribution < -0.4 is 4.72 Å². The molecule has 4 aliphatic rings. The van der Waals surface area contributed by atoms with Crippen molar-refractivity contribution in [2.75, 3.05) is 20.8 Å². The van der Waals surface area contributed by atoms with Gasteiger partial charge in [0.2, 0.25) is 15.8 Å². The van der Waals surface area contributed by atoms with Gasteiger partial charge in [-0.2, -0.15) is 0 Å². The predicted molar refractivity (Wildman–Crippen MR) is 269 cm³/mol. The summed E-state index contributed by atoms with van der Waals surface area (Å²) in [6, 6.07) is -2.03. The van der Waals surface area contributed by atoms with E-state index in [0.29, 0.717) is 68.9 Å². The lowest BCUT2D eigenvalue weighted by Gasteiger charge is -2.43. The lowest BCUT2D eigenvalue weighted by molar-refractivity contribution is -0.264. The van der Waals surface area contributed by atoms with Gasteiger partial charge in [-0.15, -0.1) is 0 Å². The number of rotatable bonds is 8. The zero-order chi connectivity index (χ0) is 53.1. The van der Waals surface area contributed by atoms with Crippen molar-refractivity contribution in [3.05, 3.63) is 59.6 Å². The van der Waals surface area contributed by atoms with Crippen molar-refractivity contribution in [1.29, 1.82) is 0 Å².